The second kappa shape index (κ2) is 8.07. The molecule has 0 atom stereocenters. The SMILES string of the molecule is CC(C)n1c(=O)oc2cc(NC(=O)N3CCC(NS(=O)(=O)C(C)(C)C)CC3)ccc21. The zero-order valence-corrected chi connectivity index (χ0v) is 18.9. The summed E-state index contributed by atoms with van der Waals surface area (Å²) in [6.07, 6.45) is 1.10. The molecule has 0 radical (unpaired) electrons. The van der Waals surface area contributed by atoms with Crippen LogP contribution in [-0.2, 0) is 10.0 Å². The molecular weight excluding hydrogens is 408 g/mol. The monoisotopic (exact) mass is 438 g/mol. The lowest BCUT2D eigenvalue weighted by atomic mass is 10.1. The van der Waals surface area contributed by atoms with E-state index in [1.165, 1.54) is 0 Å². The minimum atomic E-state index is -3.42. The van der Waals surface area contributed by atoms with Gasteiger partial charge in [-0.05, 0) is 59.6 Å². The second-order valence-corrected chi connectivity index (χ2v) is 11.4. The summed E-state index contributed by atoms with van der Waals surface area (Å²) in [7, 11) is -3.42. The third-order valence-electron chi connectivity index (χ3n) is 5.29. The molecule has 30 heavy (non-hydrogen) atoms. The molecule has 2 heterocycles. The van der Waals surface area contributed by atoms with E-state index in [1.54, 1.807) is 48.4 Å². The largest absolute Gasteiger partial charge is 0.420 e. The first-order valence-electron chi connectivity index (χ1n) is 10.1. The topological polar surface area (TPSA) is 114 Å². The van der Waals surface area contributed by atoms with Crippen LogP contribution in [0.3, 0.4) is 0 Å². The molecule has 1 fully saturated rings. The van der Waals surface area contributed by atoms with Gasteiger partial charge in [0.2, 0.25) is 10.0 Å². The molecule has 0 aliphatic carbocycles. The smallest absolute Gasteiger partial charge is 0.408 e. The van der Waals surface area contributed by atoms with Crippen LogP contribution in [0.25, 0.3) is 11.1 Å². The van der Waals surface area contributed by atoms with Crippen molar-refractivity contribution >= 4 is 32.8 Å². The van der Waals surface area contributed by atoms with Gasteiger partial charge in [-0.25, -0.2) is 22.7 Å². The second-order valence-electron chi connectivity index (χ2n) is 8.94. The number of likely N-dealkylation sites (tertiary alicyclic amines) is 1. The standard InChI is InChI=1S/C20H30N4O5S/c1-13(2)24-16-7-6-15(12-17(16)29-19(24)26)21-18(25)23-10-8-14(9-11-23)22-30(27,28)20(3,4)5/h6-7,12-14,22H,8-11H2,1-5H3,(H,21,25). The zero-order chi connectivity index (χ0) is 22.3. The summed E-state index contributed by atoms with van der Waals surface area (Å²) in [5, 5.41) is 2.83. The number of benzene rings is 1. The number of hydrogen-bond acceptors (Lipinski definition) is 5. The van der Waals surface area contributed by atoms with Crippen LogP contribution in [0.4, 0.5) is 10.5 Å². The summed E-state index contributed by atoms with van der Waals surface area (Å²) in [5.41, 5.74) is 1.63. The fourth-order valence-corrected chi connectivity index (χ4v) is 4.43. The maximum atomic E-state index is 12.6. The number of nitrogens with zero attached hydrogens (tertiary/aromatic N) is 2. The van der Waals surface area contributed by atoms with E-state index in [1.807, 2.05) is 13.8 Å². The van der Waals surface area contributed by atoms with Crippen molar-refractivity contribution in [2.45, 2.75) is 64.3 Å². The van der Waals surface area contributed by atoms with E-state index in [-0.39, 0.29) is 18.1 Å². The van der Waals surface area contributed by atoms with Crippen molar-refractivity contribution in [3.63, 3.8) is 0 Å². The molecule has 1 aliphatic heterocycles. The number of sulfonamides is 1. The summed E-state index contributed by atoms with van der Waals surface area (Å²) < 4.78 is 33.4. The molecule has 1 aromatic heterocycles. The number of anilines is 1. The molecule has 3 rings (SSSR count). The van der Waals surface area contributed by atoms with Gasteiger partial charge in [-0.2, -0.15) is 0 Å². The molecule has 1 saturated heterocycles. The van der Waals surface area contributed by atoms with Gasteiger partial charge in [0.15, 0.2) is 5.58 Å². The molecule has 0 saturated carbocycles. The highest BCUT2D eigenvalue weighted by molar-refractivity contribution is 7.90. The van der Waals surface area contributed by atoms with Gasteiger partial charge in [-0.1, -0.05) is 0 Å². The quantitative estimate of drug-likeness (QED) is 0.762. The molecule has 1 aromatic carbocycles. The van der Waals surface area contributed by atoms with Gasteiger partial charge in [-0.3, -0.25) is 4.57 Å². The number of piperidine rings is 1. The third kappa shape index (κ3) is 4.54. The van der Waals surface area contributed by atoms with Crippen molar-refractivity contribution in [3.8, 4) is 0 Å². The number of carbonyl (C=O) groups is 1. The average Bonchev–Trinajstić information content (AvgIpc) is 2.96. The van der Waals surface area contributed by atoms with Crippen LogP contribution in [0.1, 0.15) is 53.5 Å². The number of fused-ring (bicyclic) bond motifs is 1. The fourth-order valence-electron chi connectivity index (χ4n) is 3.40. The Hall–Kier alpha value is -2.33. The normalized spacial score (nSPS) is 16.4. The molecule has 0 spiro atoms. The highest BCUT2D eigenvalue weighted by atomic mass is 32.2. The van der Waals surface area contributed by atoms with Crippen LogP contribution in [-0.4, -0.2) is 47.8 Å². The van der Waals surface area contributed by atoms with Crippen molar-refractivity contribution in [1.29, 1.82) is 0 Å². The Morgan fingerprint density at radius 2 is 1.83 bits per heavy atom. The summed E-state index contributed by atoms with van der Waals surface area (Å²) in [5.74, 6) is -0.428. The Labute approximate surface area is 176 Å². The van der Waals surface area contributed by atoms with Gasteiger partial charge >= 0.3 is 11.8 Å². The first kappa shape index (κ1) is 22.4. The summed E-state index contributed by atoms with van der Waals surface area (Å²) in [4.78, 5) is 26.3. The van der Waals surface area contributed by atoms with Crippen LogP contribution >= 0.6 is 0 Å². The lowest BCUT2D eigenvalue weighted by Crippen LogP contribution is -2.50. The number of amides is 2. The minimum absolute atomic E-state index is 0.0313. The van der Waals surface area contributed by atoms with E-state index in [2.05, 4.69) is 10.0 Å². The van der Waals surface area contributed by atoms with Gasteiger partial charge in [0, 0.05) is 36.9 Å². The molecule has 2 amide bonds. The summed E-state index contributed by atoms with van der Waals surface area (Å²) >= 11 is 0. The van der Waals surface area contributed by atoms with Gasteiger partial charge in [-0.15, -0.1) is 0 Å². The van der Waals surface area contributed by atoms with Gasteiger partial charge < -0.3 is 14.6 Å². The Kier molecular flexibility index (Phi) is 6.01. The summed E-state index contributed by atoms with van der Waals surface area (Å²) in [6.45, 7) is 9.67. The Balaban J connectivity index is 1.62. The Morgan fingerprint density at radius 1 is 1.20 bits per heavy atom. The van der Waals surface area contributed by atoms with Crippen molar-refractivity contribution in [2.24, 2.45) is 0 Å². The maximum Gasteiger partial charge on any atom is 0.420 e. The van der Waals surface area contributed by atoms with Crippen LogP contribution in [0.15, 0.2) is 27.4 Å². The van der Waals surface area contributed by atoms with Crippen molar-refractivity contribution < 1.29 is 17.6 Å². The van der Waals surface area contributed by atoms with E-state index in [0.29, 0.717) is 42.7 Å². The fraction of sp³-hybridized carbons (Fsp3) is 0.600. The first-order chi connectivity index (χ1) is 13.9. The number of aromatic nitrogens is 1. The molecule has 1 aliphatic rings. The van der Waals surface area contributed by atoms with E-state index < -0.39 is 20.5 Å². The molecule has 166 valence electrons. The molecule has 10 heteroatoms. The van der Waals surface area contributed by atoms with E-state index >= 15 is 0 Å². The number of carbonyl (C=O) groups excluding carboxylic acids is 1. The van der Waals surface area contributed by atoms with E-state index in [4.69, 9.17) is 4.42 Å². The van der Waals surface area contributed by atoms with Crippen molar-refractivity contribution in [1.82, 2.24) is 14.2 Å². The lowest BCUT2D eigenvalue weighted by Gasteiger charge is -2.33. The van der Waals surface area contributed by atoms with Crippen LogP contribution < -0.4 is 15.8 Å². The van der Waals surface area contributed by atoms with Crippen LogP contribution in [0, 0.1) is 0 Å². The van der Waals surface area contributed by atoms with Gasteiger partial charge in [0.25, 0.3) is 0 Å². The van der Waals surface area contributed by atoms with E-state index in [0.717, 1.165) is 0 Å². The van der Waals surface area contributed by atoms with Gasteiger partial charge in [0.1, 0.15) is 0 Å². The number of nitrogens with one attached hydrogen (secondary N) is 2. The van der Waals surface area contributed by atoms with Gasteiger partial charge in [0.05, 0.1) is 10.3 Å². The zero-order valence-electron chi connectivity index (χ0n) is 18.1. The Bertz CT molecular complexity index is 1090. The first-order valence-corrected chi connectivity index (χ1v) is 11.6. The minimum Gasteiger partial charge on any atom is -0.408 e. The number of hydrogen-bond donors (Lipinski definition) is 2. The van der Waals surface area contributed by atoms with Crippen molar-refractivity contribution in [3.05, 3.63) is 28.7 Å². The molecule has 9 nitrogen and oxygen atoms in total. The summed E-state index contributed by atoms with van der Waals surface area (Å²) in [6, 6.07) is 4.65. The predicted molar refractivity (Wildman–Crippen MR) is 116 cm³/mol. The predicted octanol–water partition coefficient (Wildman–Crippen LogP) is 2.89. The molecule has 2 N–H and O–H groups in total. The average molecular weight is 439 g/mol. The van der Waals surface area contributed by atoms with Crippen LogP contribution in [0.2, 0.25) is 0 Å². The molecular formula is C20H30N4O5S. The molecule has 2 aromatic rings. The lowest BCUT2D eigenvalue weighted by molar-refractivity contribution is 0.193. The molecule has 0 unspecified atom stereocenters. The maximum absolute atomic E-state index is 12.6. The van der Waals surface area contributed by atoms with Crippen LogP contribution in [0.5, 0.6) is 0 Å². The van der Waals surface area contributed by atoms with Crippen molar-refractivity contribution in [2.75, 3.05) is 18.4 Å². The molecule has 0 bridgehead atoms. The highest BCUT2D eigenvalue weighted by Gasteiger charge is 2.33. The number of urea groups is 1. The number of rotatable bonds is 4. The Morgan fingerprint density at radius 3 is 2.40 bits per heavy atom. The number of oxazole rings is 1. The highest BCUT2D eigenvalue weighted by Crippen LogP contribution is 2.22. The third-order valence-corrected chi connectivity index (χ3v) is 7.55. The van der Waals surface area contributed by atoms with E-state index in [9.17, 15) is 18.0 Å².